The molecule has 20 heavy (non-hydrogen) atoms. The van der Waals surface area contributed by atoms with Crippen molar-refractivity contribution in [3.8, 4) is 0 Å². The molecule has 0 saturated heterocycles. The van der Waals surface area contributed by atoms with Crippen LogP contribution in [0.15, 0.2) is 30.5 Å². The highest BCUT2D eigenvalue weighted by molar-refractivity contribution is 5.91. The molecule has 104 valence electrons. The lowest BCUT2D eigenvalue weighted by Gasteiger charge is -2.00. The Bertz CT molecular complexity index is 651. The second-order valence-electron chi connectivity index (χ2n) is 3.94. The van der Waals surface area contributed by atoms with E-state index in [0.29, 0.717) is 5.56 Å². The van der Waals surface area contributed by atoms with Crippen LogP contribution < -0.4 is 0 Å². The number of esters is 1. The van der Waals surface area contributed by atoms with Crippen molar-refractivity contribution in [1.29, 1.82) is 0 Å². The molecule has 0 unspecified atom stereocenters. The van der Waals surface area contributed by atoms with Crippen molar-refractivity contribution >= 4 is 11.7 Å². The predicted octanol–water partition coefficient (Wildman–Crippen LogP) is 1.77. The number of nitro groups is 1. The van der Waals surface area contributed by atoms with Crippen LogP contribution in [0.1, 0.15) is 16.1 Å². The van der Waals surface area contributed by atoms with E-state index in [1.165, 1.54) is 28.9 Å². The average Bonchev–Trinajstić information content (AvgIpc) is 2.84. The van der Waals surface area contributed by atoms with Gasteiger partial charge in [0.05, 0.1) is 18.6 Å². The minimum Gasteiger partial charge on any atom is -0.464 e. The number of carbonyl (C=O) groups is 1. The van der Waals surface area contributed by atoms with Gasteiger partial charge in [-0.3, -0.25) is 14.8 Å². The van der Waals surface area contributed by atoms with Gasteiger partial charge in [-0.25, -0.2) is 9.18 Å². The topological polar surface area (TPSA) is 87.3 Å². The molecule has 8 heteroatoms. The van der Waals surface area contributed by atoms with E-state index in [0.717, 1.165) is 13.3 Å². The summed E-state index contributed by atoms with van der Waals surface area (Å²) in [7, 11) is 1.12. The minimum atomic E-state index is -0.880. The van der Waals surface area contributed by atoms with Gasteiger partial charge in [0.25, 0.3) is 0 Å². The Morgan fingerprint density at radius 1 is 1.45 bits per heavy atom. The first-order chi connectivity index (χ1) is 9.51. The van der Waals surface area contributed by atoms with Crippen LogP contribution >= 0.6 is 0 Å². The largest absolute Gasteiger partial charge is 0.464 e. The number of rotatable bonds is 4. The summed E-state index contributed by atoms with van der Waals surface area (Å²) in [4.78, 5) is 21.5. The van der Waals surface area contributed by atoms with E-state index in [1.54, 1.807) is 0 Å². The molecule has 0 radical (unpaired) electrons. The van der Waals surface area contributed by atoms with Gasteiger partial charge in [0.1, 0.15) is 12.0 Å². The minimum absolute atomic E-state index is 0.179. The predicted molar refractivity (Wildman–Crippen MR) is 65.7 cm³/mol. The first-order valence-corrected chi connectivity index (χ1v) is 5.56. The zero-order valence-electron chi connectivity index (χ0n) is 10.4. The summed E-state index contributed by atoms with van der Waals surface area (Å²) in [5, 5.41) is 14.7. The molecule has 0 atom stereocenters. The summed E-state index contributed by atoms with van der Waals surface area (Å²) < 4.78 is 18.4. The number of benzene rings is 1. The summed E-state index contributed by atoms with van der Waals surface area (Å²) >= 11 is 0. The Morgan fingerprint density at radius 2 is 2.10 bits per heavy atom. The number of hydrogen-bond donors (Lipinski definition) is 0. The number of carbonyl (C=O) groups excluding carboxylic acids is 1. The van der Waals surface area contributed by atoms with Crippen LogP contribution in [0.3, 0.4) is 0 Å². The van der Waals surface area contributed by atoms with Crippen molar-refractivity contribution in [3.05, 3.63) is 57.7 Å². The van der Waals surface area contributed by atoms with E-state index in [2.05, 4.69) is 9.84 Å². The van der Waals surface area contributed by atoms with E-state index < -0.39 is 16.6 Å². The maximum atomic E-state index is 12.8. The third-order valence-corrected chi connectivity index (χ3v) is 2.58. The lowest BCUT2D eigenvalue weighted by Crippen LogP contribution is -2.07. The van der Waals surface area contributed by atoms with Crippen molar-refractivity contribution in [2.24, 2.45) is 0 Å². The molecule has 1 heterocycles. The molecule has 1 aromatic heterocycles. The molecule has 0 aliphatic heterocycles. The van der Waals surface area contributed by atoms with Crippen LogP contribution in [0.5, 0.6) is 0 Å². The number of methoxy groups -OCH3 is 1. The highest BCUT2D eigenvalue weighted by Gasteiger charge is 2.26. The van der Waals surface area contributed by atoms with Crippen LogP contribution in [0.25, 0.3) is 0 Å². The Kier molecular flexibility index (Phi) is 3.74. The van der Waals surface area contributed by atoms with Gasteiger partial charge in [0.15, 0.2) is 0 Å². The number of halogens is 1. The maximum Gasteiger partial charge on any atom is 0.365 e. The van der Waals surface area contributed by atoms with Gasteiger partial charge in [-0.05, 0) is 17.7 Å². The SMILES string of the molecule is COC(=O)c1nn(Cc2ccc(F)cc2)cc1[N+](=O)[O-]. The summed E-state index contributed by atoms with van der Waals surface area (Å²) in [5.41, 5.74) is -0.0983. The number of aromatic nitrogens is 2. The zero-order valence-corrected chi connectivity index (χ0v) is 10.4. The molecular weight excluding hydrogens is 269 g/mol. The molecule has 0 saturated carbocycles. The van der Waals surface area contributed by atoms with Gasteiger partial charge < -0.3 is 4.74 Å². The van der Waals surface area contributed by atoms with Crippen LogP contribution in [0, 0.1) is 15.9 Å². The van der Waals surface area contributed by atoms with Gasteiger partial charge in [0.2, 0.25) is 5.69 Å². The summed E-state index contributed by atoms with van der Waals surface area (Å²) in [6, 6.07) is 5.60. The third kappa shape index (κ3) is 2.79. The van der Waals surface area contributed by atoms with Crippen molar-refractivity contribution in [2.45, 2.75) is 6.54 Å². The van der Waals surface area contributed by atoms with Crippen molar-refractivity contribution in [1.82, 2.24) is 9.78 Å². The normalized spacial score (nSPS) is 10.3. The molecular formula is C12H10FN3O4. The standard InChI is InChI=1S/C12H10FN3O4/c1-20-12(17)11-10(16(18)19)7-15(14-11)6-8-2-4-9(13)5-3-8/h2-5,7H,6H2,1H3. The first kappa shape index (κ1) is 13.7. The molecule has 1 aromatic carbocycles. The average molecular weight is 279 g/mol. The van der Waals surface area contributed by atoms with Gasteiger partial charge in [-0.15, -0.1) is 0 Å². The Balaban J connectivity index is 2.31. The summed E-state index contributed by atoms with van der Waals surface area (Å²) in [5.74, 6) is -1.26. The fourth-order valence-electron chi connectivity index (χ4n) is 1.64. The highest BCUT2D eigenvalue weighted by atomic mass is 19.1. The van der Waals surface area contributed by atoms with E-state index in [1.807, 2.05) is 0 Å². The van der Waals surface area contributed by atoms with Gasteiger partial charge in [0, 0.05) is 0 Å². The third-order valence-electron chi connectivity index (χ3n) is 2.58. The molecule has 0 bridgehead atoms. The molecule has 2 rings (SSSR count). The lowest BCUT2D eigenvalue weighted by molar-refractivity contribution is -0.385. The number of nitrogens with zero attached hydrogens (tertiary/aromatic N) is 3. The van der Waals surface area contributed by atoms with E-state index in [-0.39, 0.29) is 18.1 Å². The second-order valence-corrected chi connectivity index (χ2v) is 3.94. The molecule has 7 nitrogen and oxygen atoms in total. The molecule has 0 aliphatic rings. The fraction of sp³-hybridized carbons (Fsp3) is 0.167. The Hall–Kier alpha value is -2.77. The maximum absolute atomic E-state index is 12.8. The Morgan fingerprint density at radius 3 is 2.65 bits per heavy atom. The number of hydrogen-bond acceptors (Lipinski definition) is 5. The van der Waals surface area contributed by atoms with E-state index >= 15 is 0 Å². The second kappa shape index (κ2) is 5.47. The quantitative estimate of drug-likeness (QED) is 0.483. The fourth-order valence-corrected chi connectivity index (χ4v) is 1.64. The van der Waals surface area contributed by atoms with Crippen LogP contribution in [-0.2, 0) is 11.3 Å². The molecule has 0 amide bonds. The van der Waals surface area contributed by atoms with Crippen molar-refractivity contribution < 1.29 is 18.8 Å². The first-order valence-electron chi connectivity index (χ1n) is 5.56. The van der Waals surface area contributed by atoms with Crippen LogP contribution in [0.2, 0.25) is 0 Å². The zero-order chi connectivity index (χ0) is 14.7. The molecule has 0 N–H and O–H groups in total. The monoisotopic (exact) mass is 279 g/mol. The van der Waals surface area contributed by atoms with Gasteiger partial charge in [-0.1, -0.05) is 12.1 Å². The molecule has 0 aliphatic carbocycles. The van der Waals surface area contributed by atoms with Gasteiger partial charge in [-0.2, -0.15) is 5.10 Å². The smallest absolute Gasteiger partial charge is 0.365 e. The van der Waals surface area contributed by atoms with Crippen molar-refractivity contribution in [2.75, 3.05) is 7.11 Å². The summed E-state index contributed by atoms with van der Waals surface area (Å²) in [6.45, 7) is 0.179. The van der Waals surface area contributed by atoms with Crippen LogP contribution in [0.4, 0.5) is 10.1 Å². The van der Waals surface area contributed by atoms with Gasteiger partial charge >= 0.3 is 11.7 Å². The van der Waals surface area contributed by atoms with E-state index in [4.69, 9.17) is 0 Å². The molecule has 0 fully saturated rings. The van der Waals surface area contributed by atoms with Crippen molar-refractivity contribution in [3.63, 3.8) is 0 Å². The van der Waals surface area contributed by atoms with E-state index in [9.17, 15) is 19.3 Å². The molecule has 2 aromatic rings. The number of ether oxygens (including phenoxy) is 1. The highest BCUT2D eigenvalue weighted by Crippen LogP contribution is 2.18. The van der Waals surface area contributed by atoms with Crippen LogP contribution in [-0.4, -0.2) is 27.8 Å². The Labute approximate surface area is 112 Å². The lowest BCUT2D eigenvalue weighted by atomic mass is 10.2. The molecule has 0 spiro atoms. The summed E-state index contributed by atoms with van der Waals surface area (Å²) in [6.07, 6.45) is 1.13.